The van der Waals surface area contributed by atoms with E-state index >= 15 is 0 Å². The van der Waals surface area contributed by atoms with Crippen molar-refractivity contribution in [2.45, 2.75) is 57.9 Å². The van der Waals surface area contributed by atoms with Gasteiger partial charge in [-0.3, -0.25) is 0 Å². The summed E-state index contributed by atoms with van der Waals surface area (Å²) in [5, 5.41) is 4.26. The molecule has 1 aromatic heterocycles. The van der Waals surface area contributed by atoms with Crippen LogP contribution in [-0.2, 0) is 0 Å². The van der Waals surface area contributed by atoms with E-state index in [1.54, 1.807) is 0 Å². The number of anilines is 1. The minimum Gasteiger partial charge on any atom is -0.379 e. The second kappa shape index (κ2) is 10.9. The molecule has 0 spiro atoms. The molecule has 1 N–H and O–H groups in total. The highest BCUT2D eigenvalue weighted by atomic mass is 35.5. The molecule has 2 unspecified atom stereocenters. The Kier molecular flexibility index (Phi) is 7.73. The van der Waals surface area contributed by atoms with Crippen molar-refractivity contribution in [1.29, 1.82) is 0 Å². The molecule has 0 saturated heterocycles. The number of nitrogens with one attached hydrogen (secondary N) is 1. The highest BCUT2D eigenvalue weighted by Gasteiger charge is 2.26. The predicted octanol–water partition coefficient (Wildman–Crippen LogP) is 6.94. The zero-order chi connectivity index (χ0) is 23.2. The van der Waals surface area contributed by atoms with Crippen LogP contribution in [0.1, 0.15) is 57.6 Å². The maximum absolute atomic E-state index is 6.75. The summed E-state index contributed by atoms with van der Waals surface area (Å²) in [5.41, 5.74) is 5.43. The number of hydrogen-bond donors (Lipinski definition) is 1. The molecule has 0 aromatic carbocycles. The lowest BCUT2D eigenvalue weighted by Gasteiger charge is -2.28. The summed E-state index contributed by atoms with van der Waals surface area (Å²) in [6, 6.07) is 2.32. The van der Waals surface area contributed by atoms with Crippen molar-refractivity contribution in [2.24, 2.45) is 10.9 Å². The Hall–Kier alpha value is -2.77. The third-order valence-electron chi connectivity index (χ3n) is 6.84. The fraction of sp³-hybridized carbons (Fsp3) is 0.429. The van der Waals surface area contributed by atoms with Gasteiger partial charge < -0.3 is 10.2 Å². The van der Waals surface area contributed by atoms with E-state index < -0.39 is 0 Å². The van der Waals surface area contributed by atoms with Gasteiger partial charge in [0.1, 0.15) is 0 Å². The lowest BCUT2D eigenvalue weighted by Crippen LogP contribution is -2.25. The Morgan fingerprint density at radius 3 is 2.70 bits per heavy atom. The van der Waals surface area contributed by atoms with Gasteiger partial charge in [-0.2, -0.15) is 0 Å². The van der Waals surface area contributed by atoms with Crippen LogP contribution in [-0.4, -0.2) is 35.2 Å². The van der Waals surface area contributed by atoms with Gasteiger partial charge in [-0.1, -0.05) is 47.9 Å². The van der Waals surface area contributed by atoms with Crippen LogP contribution in [0.5, 0.6) is 0 Å². The summed E-state index contributed by atoms with van der Waals surface area (Å²) < 4.78 is 0. The van der Waals surface area contributed by atoms with E-state index in [4.69, 9.17) is 23.0 Å². The molecule has 4 nitrogen and oxygen atoms in total. The molecule has 0 radical (unpaired) electrons. The maximum atomic E-state index is 6.75. The van der Waals surface area contributed by atoms with Gasteiger partial charge in [0.05, 0.1) is 22.6 Å². The molecular formula is C28H33ClN4. The monoisotopic (exact) mass is 460 g/mol. The second-order valence-corrected chi connectivity index (χ2v) is 9.61. The molecule has 1 saturated carbocycles. The first kappa shape index (κ1) is 23.4. The van der Waals surface area contributed by atoms with Crippen LogP contribution in [0, 0.1) is 18.3 Å². The number of halogens is 1. The number of pyridine rings is 1. The molecule has 0 bridgehead atoms. The van der Waals surface area contributed by atoms with Crippen molar-refractivity contribution in [3.8, 4) is 12.3 Å². The fourth-order valence-electron chi connectivity index (χ4n) is 4.97. The molecule has 0 amide bonds. The first-order valence-corrected chi connectivity index (χ1v) is 12.3. The van der Waals surface area contributed by atoms with Crippen LogP contribution >= 0.6 is 11.6 Å². The van der Waals surface area contributed by atoms with Crippen LogP contribution in [0.25, 0.3) is 5.57 Å². The number of allylic oxidation sites excluding steroid dienone is 5. The lowest BCUT2D eigenvalue weighted by molar-refractivity contribution is 0.350. The predicted molar refractivity (Wildman–Crippen MR) is 141 cm³/mol. The molecule has 2 heterocycles. The SMILES string of the molecule is C#C/C=N/c1nc(C2=CC=C(N3CCC=CCC3)CC2)c(Cl)cc1NC1CCC(C(=C)C)C1. The number of hydrogen-bond acceptors (Lipinski definition) is 4. The quantitative estimate of drug-likeness (QED) is 0.284. The van der Waals surface area contributed by atoms with Crippen LogP contribution < -0.4 is 5.32 Å². The standard InChI is InChI=1S/C28H33ClN4/c1-4-15-30-28-26(31-23-12-9-22(18-23)20(2)3)19-25(29)27(32-28)21-10-13-24(14-11-21)33-16-7-5-6-8-17-33/h1,5-6,10,13,15,19,22-23,31H,2,7-9,11-12,14,16-18H2,3H3/b30-15+. The highest BCUT2D eigenvalue weighted by molar-refractivity contribution is 6.32. The molecule has 1 aromatic rings. The van der Waals surface area contributed by atoms with E-state index in [1.165, 1.54) is 17.5 Å². The van der Waals surface area contributed by atoms with Crippen LogP contribution in [0.4, 0.5) is 11.5 Å². The van der Waals surface area contributed by atoms with Gasteiger partial charge in [0.15, 0.2) is 5.82 Å². The van der Waals surface area contributed by atoms with E-state index in [9.17, 15) is 0 Å². The smallest absolute Gasteiger partial charge is 0.176 e. The van der Waals surface area contributed by atoms with Crippen molar-refractivity contribution in [3.63, 3.8) is 0 Å². The summed E-state index contributed by atoms with van der Waals surface area (Å²) in [4.78, 5) is 11.8. The normalized spacial score (nSPS) is 23.1. The van der Waals surface area contributed by atoms with E-state index in [1.807, 2.05) is 6.07 Å². The maximum Gasteiger partial charge on any atom is 0.176 e. The molecule has 2 aliphatic carbocycles. The Morgan fingerprint density at radius 1 is 1.27 bits per heavy atom. The van der Waals surface area contributed by atoms with Gasteiger partial charge in [-0.25, -0.2) is 9.98 Å². The summed E-state index contributed by atoms with van der Waals surface area (Å²) in [6.07, 6.45) is 23.3. The minimum absolute atomic E-state index is 0.359. The number of terminal acetylenes is 1. The summed E-state index contributed by atoms with van der Waals surface area (Å²) >= 11 is 6.75. The number of nitrogens with zero attached hydrogens (tertiary/aromatic N) is 3. The Morgan fingerprint density at radius 2 is 2.06 bits per heavy atom. The van der Waals surface area contributed by atoms with Crippen LogP contribution in [0.15, 0.2) is 53.2 Å². The minimum atomic E-state index is 0.359. The molecule has 33 heavy (non-hydrogen) atoms. The Balaban J connectivity index is 1.56. The largest absolute Gasteiger partial charge is 0.379 e. The molecular weight excluding hydrogens is 428 g/mol. The van der Waals surface area contributed by atoms with Crippen LogP contribution in [0.2, 0.25) is 5.02 Å². The van der Waals surface area contributed by atoms with E-state index in [0.717, 1.165) is 75.0 Å². The molecule has 1 aliphatic heterocycles. The first-order chi connectivity index (χ1) is 16.0. The molecule has 2 atom stereocenters. The van der Waals surface area contributed by atoms with Crippen molar-refractivity contribution < 1.29 is 0 Å². The summed E-state index contributed by atoms with van der Waals surface area (Å²) in [5.74, 6) is 3.64. The third kappa shape index (κ3) is 5.78. The zero-order valence-corrected chi connectivity index (χ0v) is 20.2. The average molecular weight is 461 g/mol. The third-order valence-corrected chi connectivity index (χ3v) is 7.13. The van der Waals surface area contributed by atoms with E-state index in [2.05, 4.69) is 58.9 Å². The Bertz CT molecular complexity index is 1050. The molecule has 172 valence electrons. The number of aliphatic imine (C=N–C) groups is 1. The zero-order valence-electron chi connectivity index (χ0n) is 19.5. The van der Waals surface area contributed by atoms with Gasteiger partial charge in [-0.15, -0.1) is 6.42 Å². The van der Waals surface area contributed by atoms with Gasteiger partial charge >= 0.3 is 0 Å². The van der Waals surface area contributed by atoms with Gasteiger partial charge in [0.25, 0.3) is 0 Å². The van der Waals surface area contributed by atoms with Crippen molar-refractivity contribution in [2.75, 3.05) is 18.4 Å². The van der Waals surface area contributed by atoms with Gasteiger partial charge in [0.2, 0.25) is 0 Å². The van der Waals surface area contributed by atoms with Crippen molar-refractivity contribution in [1.82, 2.24) is 9.88 Å². The van der Waals surface area contributed by atoms with E-state index in [-0.39, 0.29) is 0 Å². The van der Waals surface area contributed by atoms with Gasteiger partial charge in [0, 0.05) is 24.8 Å². The molecule has 5 heteroatoms. The summed E-state index contributed by atoms with van der Waals surface area (Å²) in [7, 11) is 0. The van der Waals surface area contributed by atoms with Crippen LogP contribution in [0.3, 0.4) is 0 Å². The average Bonchev–Trinajstić information content (AvgIpc) is 3.12. The van der Waals surface area contributed by atoms with Crippen molar-refractivity contribution in [3.05, 3.63) is 58.9 Å². The molecule has 4 rings (SSSR count). The number of rotatable bonds is 6. The highest BCUT2D eigenvalue weighted by Crippen LogP contribution is 2.38. The van der Waals surface area contributed by atoms with Gasteiger partial charge in [-0.05, 0) is 75.5 Å². The van der Waals surface area contributed by atoms with Crippen molar-refractivity contribution >= 4 is 34.9 Å². The van der Waals surface area contributed by atoms with E-state index in [0.29, 0.717) is 22.8 Å². The number of aromatic nitrogens is 1. The first-order valence-electron chi connectivity index (χ1n) is 12.0. The molecule has 1 fully saturated rings. The lowest BCUT2D eigenvalue weighted by atomic mass is 9.98. The molecule has 3 aliphatic rings. The topological polar surface area (TPSA) is 40.5 Å². The summed E-state index contributed by atoms with van der Waals surface area (Å²) in [6.45, 7) is 8.42. The Labute approximate surface area is 203 Å². The second-order valence-electron chi connectivity index (χ2n) is 9.20. The fourth-order valence-corrected chi connectivity index (χ4v) is 5.24.